The van der Waals surface area contributed by atoms with Gasteiger partial charge in [-0.3, -0.25) is 9.89 Å². The minimum Gasteiger partial charge on any atom is -0.364 e. The average Bonchev–Trinajstić information content (AvgIpc) is 3.15. The zero-order chi connectivity index (χ0) is 18.3. The van der Waals surface area contributed by atoms with E-state index in [2.05, 4.69) is 15.1 Å². The molecular formula is C19H20ClN5O. The predicted molar refractivity (Wildman–Crippen MR) is 103 cm³/mol. The number of pyridine rings is 1. The van der Waals surface area contributed by atoms with Crippen LogP contribution in [0, 0.1) is 6.92 Å². The van der Waals surface area contributed by atoms with E-state index in [9.17, 15) is 4.79 Å². The molecule has 0 aliphatic carbocycles. The van der Waals surface area contributed by atoms with E-state index in [1.807, 2.05) is 31.2 Å². The lowest BCUT2D eigenvalue weighted by Crippen LogP contribution is -2.35. The Morgan fingerprint density at radius 3 is 2.96 bits per heavy atom. The number of amides is 1. The van der Waals surface area contributed by atoms with Gasteiger partial charge in [-0.2, -0.15) is 5.10 Å². The number of H-pyrrole nitrogens is 1. The van der Waals surface area contributed by atoms with E-state index in [-0.39, 0.29) is 11.6 Å². The van der Waals surface area contributed by atoms with Crippen LogP contribution in [-0.4, -0.2) is 34.2 Å². The highest BCUT2D eigenvalue weighted by atomic mass is 35.5. The Hall–Kier alpha value is -2.60. The number of anilines is 1. The fraction of sp³-hybridized carbons (Fsp3) is 0.316. The molecule has 0 bridgehead atoms. The molecule has 3 heterocycles. The summed E-state index contributed by atoms with van der Waals surface area (Å²) in [6, 6.07) is 9.73. The van der Waals surface area contributed by atoms with Crippen LogP contribution in [0.1, 0.15) is 40.5 Å². The zero-order valence-electron chi connectivity index (χ0n) is 14.5. The Morgan fingerprint density at radius 1 is 1.35 bits per heavy atom. The molecule has 0 spiro atoms. The predicted octanol–water partition coefficient (Wildman–Crippen LogP) is 3.40. The number of aromatic nitrogens is 3. The number of carbonyl (C=O) groups excluding carboxylic acids is 1. The normalized spacial score (nSPS) is 17.6. The Bertz CT molecular complexity index is 983. The molecule has 7 heteroatoms. The van der Waals surface area contributed by atoms with E-state index in [4.69, 9.17) is 22.3 Å². The number of aromatic amines is 1. The Morgan fingerprint density at radius 2 is 2.19 bits per heavy atom. The summed E-state index contributed by atoms with van der Waals surface area (Å²) in [5, 5.41) is 8.66. The minimum atomic E-state index is -0.510. The van der Waals surface area contributed by atoms with Gasteiger partial charge in [0.05, 0.1) is 5.52 Å². The maximum Gasteiger partial charge on any atom is 0.269 e. The van der Waals surface area contributed by atoms with Gasteiger partial charge >= 0.3 is 0 Å². The second-order valence-corrected chi connectivity index (χ2v) is 7.20. The number of nitrogens with one attached hydrogen (secondary N) is 1. The van der Waals surface area contributed by atoms with E-state index in [0.717, 1.165) is 58.9 Å². The Balaban J connectivity index is 1.62. The maximum atomic E-state index is 11.3. The highest BCUT2D eigenvalue weighted by molar-refractivity contribution is 6.35. The van der Waals surface area contributed by atoms with Gasteiger partial charge in [-0.25, -0.2) is 4.98 Å². The van der Waals surface area contributed by atoms with Crippen molar-refractivity contribution in [1.82, 2.24) is 15.2 Å². The first kappa shape index (κ1) is 16.8. The fourth-order valence-electron chi connectivity index (χ4n) is 3.60. The van der Waals surface area contributed by atoms with E-state index < -0.39 is 5.91 Å². The van der Waals surface area contributed by atoms with Crippen LogP contribution in [0.4, 0.5) is 5.82 Å². The molecule has 1 amide bonds. The lowest BCUT2D eigenvalue weighted by molar-refractivity contribution is 0.0995. The van der Waals surface area contributed by atoms with Gasteiger partial charge < -0.3 is 10.6 Å². The number of aryl methyl sites for hydroxylation is 1. The summed E-state index contributed by atoms with van der Waals surface area (Å²) in [6.07, 6.45) is 2.08. The molecule has 0 saturated carbocycles. The van der Waals surface area contributed by atoms with Crippen molar-refractivity contribution >= 4 is 34.2 Å². The summed E-state index contributed by atoms with van der Waals surface area (Å²) < 4.78 is 0. The SMILES string of the molecule is Cc1ccc(Cl)c2ccc(N3CCCC(c4cc(C(N)=O)n[nH]4)C3)nc12. The molecule has 1 unspecified atom stereocenters. The summed E-state index contributed by atoms with van der Waals surface area (Å²) in [4.78, 5) is 18.4. The van der Waals surface area contributed by atoms with Crippen molar-refractivity contribution in [3.63, 3.8) is 0 Å². The van der Waals surface area contributed by atoms with Crippen molar-refractivity contribution in [3.05, 3.63) is 52.3 Å². The molecule has 4 rings (SSSR count). The van der Waals surface area contributed by atoms with Crippen molar-refractivity contribution < 1.29 is 4.79 Å². The largest absolute Gasteiger partial charge is 0.364 e. The van der Waals surface area contributed by atoms with Crippen LogP contribution in [0.15, 0.2) is 30.3 Å². The number of hydrogen-bond acceptors (Lipinski definition) is 4. The highest BCUT2D eigenvalue weighted by Crippen LogP contribution is 2.31. The molecule has 6 nitrogen and oxygen atoms in total. The first-order valence-corrected chi connectivity index (χ1v) is 9.06. The van der Waals surface area contributed by atoms with Gasteiger partial charge in [0.25, 0.3) is 5.91 Å². The van der Waals surface area contributed by atoms with E-state index in [1.165, 1.54) is 0 Å². The lowest BCUT2D eigenvalue weighted by atomic mass is 9.94. The van der Waals surface area contributed by atoms with E-state index in [1.54, 1.807) is 6.07 Å². The molecule has 1 aliphatic heterocycles. The molecule has 1 saturated heterocycles. The summed E-state index contributed by atoms with van der Waals surface area (Å²) in [7, 11) is 0. The third-order valence-corrected chi connectivity index (χ3v) is 5.36. The molecule has 3 N–H and O–H groups in total. The maximum absolute atomic E-state index is 11.3. The standard InChI is InChI=1S/C19H20ClN5O/c1-11-4-6-14(20)13-5-7-17(22-18(11)13)25-8-2-3-12(10-25)15-9-16(19(21)26)24-23-15/h4-7,9,12H,2-3,8,10H2,1H3,(H2,21,26)(H,23,24). The first-order valence-electron chi connectivity index (χ1n) is 8.69. The van der Waals surface area contributed by atoms with Crippen LogP contribution in [0.2, 0.25) is 5.02 Å². The molecule has 0 radical (unpaired) electrons. The van der Waals surface area contributed by atoms with Crippen LogP contribution in [-0.2, 0) is 0 Å². The van der Waals surface area contributed by atoms with Crippen molar-refractivity contribution in [2.75, 3.05) is 18.0 Å². The first-order chi connectivity index (χ1) is 12.5. The van der Waals surface area contributed by atoms with Gasteiger partial charge in [0, 0.05) is 35.1 Å². The number of nitrogens with zero attached hydrogens (tertiary/aromatic N) is 3. The van der Waals surface area contributed by atoms with Crippen LogP contribution in [0.3, 0.4) is 0 Å². The highest BCUT2D eigenvalue weighted by Gasteiger charge is 2.24. The number of halogens is 1. The molecule has 2 aromatic heterocycles. The van der Waals surface area contributed by atoms with Gasteiger partial charge in [0.2, 0.25) is 0 Å². The molecule has 3 aromatic rings. The number of benzene rings is 1. The fourth-order valence-corrected chi connectivity index (χ4v) is 3.81. The minimum absolute atomic E-state index is 0.266. The number of rotatable bonds is 3. The molecule has 1 aromatic carbocycles. The van der Waals surface area contributed by atoms with E-state index in [0.29, 0.717) is 0 Å². The summed E-state index contributed by atoms with van der Waals surface area (Å²) >= 11 is 6.30. The molecule has 1 aliphatic rings. The van der Waals surface area contributed by atoms with Crippen molar-refractivity contribution in [3.8, 4) is 0 Å². The van der Waals surface area contributed by atoms with E-state index >= 15 is 0 Å². The molecule has 134 valence electrons. The smallest absolute Gasteiger partial charge is 0.269 e. The quantitative estimate of drug-likeness (QED) is 0.740. The van der Waals surface area contributed by atoms with Crippen LogP contribution < -0.4 is 10.6 Å². The second-order valence-electron chi connectivity index (χ2n) is 6.79. The molecule has 26 heavy (non-hydrogen) atoms. The monoisotopic (exact) mass is 369 g/mol. The molecular weight excluding hydrogens is 350 g/mol. The Kier molecular flexibility index (Phi) is 4.28. The van der Waals surface area contributed by atoms with Gasteiger partial charge in [-0.05, 0) is 49.6 Å². The third kappa shape index (κ3) is 3.01. The number of piperidine rings is 1. The lowest BCUT2D eigenvalue weighted by Gasteiger charge is -2.33. The number of primary amides is 1. The van der Waals surface area contributed by atoms with Gasteiger partial charge in [-0.15, -0.1) is 0 Å². The van der Waals surface area contributed by atoms with Crippen LogP contribution >= 0.6 is 11.6 Å². The number of hydrogen-bond donors (Lipinski definition) is 2. The van der Waals surface area contributed by atoms with Crippen molar-refractivity contribution in [1.29, 1.82) is 0 Å². The zero-order valence-corrected chi connectivity index (χ0v) is 15.3. The number of fused-ring (bicyclic) bond motifs is 1. The van der Waals surface area contributed by atoms with Gasteiger partial charge in [-0.1, -0.05) is 17.7 Å². The van der Waals surface area contributed by atoms with Gasteiger partial charge in [0.1, 0.15) is 11.5 Å². The summed E-state index contributed by atoms with van der Waals surface area (Å²) in [5.41, 5.74) is 8.58. The van der Waals surface area contributed by atoms with Crippen molar-refractivity contribution in [2.45, 2.75) is 25.7 Å². The third-order valence-electron chi connectivity index (χ3n) is 5.03. The average molecular weight is 370 g/mol. The summed E-state index contributed by atoms with van der Waals surface area (Å²) in [5.74, 6) is 0.702. The van der Waals surface area contributed by atoms with Crippen LogP contribution in [0.25, 0.3) is 10.9 Å². The Labute approximate surface area is 156 Å². The van der Waals surface area contributed by atoms with Crippen molar-refractivity contribution in [2.24, 2.45) is 5.73 Å². The number of carbonyl (C=O) groups is 1. The summed E-state index contributed by atoms with van der Waals surface area (Å²) in [6.45, 7) is 3.81. The van der Waals surface area contributed by atoms with Crippen LogP contribution in [0.5, 0.6) is 0 Å². The molecule has 1 atom stereocenters. The van der Waals surface area contributed by atoms with Gasteiger partial charge in [0.15, 0.2) is 0 Å². The molecule has 1 fully saturated rings. The topological polar surface area (TPSA) is 87.9 Å². The number of nitrogens with two attached hydrogens (primary N) is 1. The second kappa shape index (κ2) is 6.61.